The van der Waals surface area contributed by atoms with E-state index in [-0.39, 0.29) is 24.5 Å². The topological polar surface area (TPSA) is 85.4 Å². The Morgan fingerprint density at radius 1 is 0.977 bits per heavy atom. The number of rotatable bonds is 8. The smallest absolute Gasteiger partial charge is 0.417 e. The lowest BCUT2D eigenvalue weighted by molar-refractivity contribution is -0.148. The highest BCUT2D eigenvalue weighted by Crippen LogP contribution is 2.38. The molecule has 1 aliphatic heterocycles. The maximum atomic E-state index is 13.9. The van der Waals surface area contributed by atoms with Gasteiger partial charge in [-0.2, -0.15) is 13.2 Å². The van der Waals surface area contributed by atoms with Crippen molar-refractivity contribution in [3.8, 4) is 16.9 Å². The van der Waals surface area contributed by atoms with Crippen molar-refractivity contribution in [3.05, 3.63) is 83.4 Å². The van der Waals surface area contributed by atoms with Crippen molar-refractivity contribution in [1.82, 2.24) is 4.90 Å². The summed E-state index contributed by atoms with van der Waals surface area (Å²) < 4.78 is 57.7. The van der Waals surface area contributed by atoms with Crippen LogP contribution in [0.4, 0.5) is 23.7 Å². The molecule has 1 aliphatic rings. The molecule has 0 N–H and O–H groups in total. The molecule has 44 heavy (non-hydrogen) atoms. The molecule has 0 aromatic heterocycles. The van der Waals surface area contributed by atoms with Crippen molar-refractivity contribution < 1.29 is 41.8 Å². The summed E-state index contributed by atoms with van der Waals surface area (Å²) in [5.41, 5.74) is 0.817. The van der Waals surface area contributed by atoms with Crippen LogP contribution in [0.2, 0.25) is 0 Å². The SMILES string of the molecule is COC(=O)C(CC(=O)N1CCc2cc(OCc3ccc(-c4ccccc4)c(C(F)(F)F)c3)ccc21)N(C)C(=O)OC(C)(C)C. The van der Waals surface area contributed by atoms with E-state index in [2.05, 4.69) is 0 Å². The maximum absolute atomic E-state index is 13.9. The van der Waals surface area contributed by atoms with Gasteiger partial charge in [-0.15, -0.1) is 0 Å². The van der Waals surface area contributed by atoms with Crippen LogP contribution in [0.3, 0.4) is 0 Å². The van der Waals surface area contributed by atoms with Gasteiger partial charge in [-0.25, -0.2) is 9.59 Å². The summed E-state index contributed by atoms with van der Waals surface area (Å²) in [7, 11) is 2.55. The molecule has 8 nitrogen and oxygen atoms in total. The summed E-state index contributed by atoms with van der Waals surface area (Å²) in [5.74, 6) is -0.697. The van der Waals surface area contributed by atoms with E-state index in [1.165, 1.54) is 25.1 Å². The quantitative estimate of drug-likeness (QED) is 0.265. The number of benzene rings is 3. The monoisotopic (exact) mass is 612 g/mol. The largest absolute Gasteiger partial charge is 0.489 e. The number of alkyl halides is 3. The second kappa shape index (κ2) is 13.0. The van der Waals surface area contributed by atoms with Gasteiger partial charge in [0.1, 0.15) is 24.0 Å². The molecular formula is C33H35F3N2O6. The van der Waals surface area contributed by atoms with E-state index < -0.39 is 35.4 Å². The lowest BCUT2D eigenvalue weighted by Crippen LogP contribution is -2.48. The maximum Gasteiger partial charge on any atom is 0.417 e. The lowest BCUT2D eigenvalue weighted by Gasteiger charge is -2.30. The second-order valence-electron chi connectivity index (χ2n) is 11.5. The molecular weight excluding hydrogens is 577 g/mol. The number of likely N-dealkylation sites (N-methyl/N-ethyl adjacent to an activating group) is 1. The van der Waals surface area contributed by atoms with Crippen LogP contribution < -0.4 is 9.64 Å². The molecule has 0 saturated heterocycles. The predicted octanol–water partition coefficient (Wildman–Crippen LogP) is 6.64. The van der Waals surface area contributed by atoms with Crippen LogP contribution >= 0.6 is 0 Å². The first kappa shape index (κ1) is 32.4. The third-order valence-corrected chi connectivity index (χ3v) is 7.12. The zero-order chi connectivity index (χ0) is 32.2. The van der Waals surface area contributed by atoms with Crippen LogP contribution in [0, 0.1) is 0 Å². The van der Waals surface area contributed by atoms with Gasteiger partial charge in [0.05, 0.1) is 19.1 Å². The molecule has 3 aromatic rings. The van der Waals surface area contributed by atoms with Crippen LogP contribution in [-0.4, -0.2) is 55.2 Å². The van der Waals surface area contributed by atoms with E-state index in [0.717, 1.165) is 16.5 Å². The van der Waals surface area contributed by atoms with Gasteiger partial charge in [0.15, 0.2) is 0 Å². The minimum atomic E-state index is -4.54. The highest BCUT2D eigenvalue weighted by Gasteiger charge is 2.36. The van der Waals surface area contributed by atoms with Gasteiger partial charge in [-0.1, -0.05) is 42.5 Å². The van der Waals surface area contributed by atoms with Gasteiger partial charge in [0.2, 0.25) is 5.91 Å². The molecule has 1 unspecified atom stereocenters. The van der Waals surface area contributed by atoms with E-state index in [1.54, 1.807) is 75.4 Å². The highest BCUT2D eigenvalue weighted by molar-refractivity contribution is 5.98. The van der Waals surface area contributed by atoms with Crippen LogP contribution in [0.25, 0.3) is 11.1 Å². The van der Waals surface area contributed by atoms with Gasteiger partial charge in [0.25, 0.3) is 0 Å². The van der Waals surface area contributed by atoms with Gasteiger partial charge >= 0.3 is 18.2 Å². The fraction of sp³-hybridized carbons (Fsp3) is 0.364. The van der Waals surface area contributed by atoms with Gasteiger partial charge in [0, 0.05) is 19.3 Å². The number of halogens is 3. The Labute approximate surface area is 254 Å². The number of fused-ring (bicyclic) bond motifs is 1. The van der Waals surface area contributed by atoms with Gasteiger partial charge in [-0.3, -0.25) is 9.69 Å². The van der Waals surface area contributed by atoms with Crippen LogP contribution in [-0.2, 0) is 38.3 Å². The van der Waals surface area contributed by atoms with Crippen LogP contribution in [0.15, 0.2) is 66.7 Å². The van der Waals surface area contributed by atoms with E-state index in [4.69, 9.17) is 14.2 Å². The summed E-state index contributed by atoms with van der Waals surface area (Å²) >= 11 is 0. The number of anilines is 1. The van der Waals surface area contributed by atoms with Crippen LogP contribution in [0.1, 0.15) is 43.9 Å². The third-order valence-electron chi connectivity index (χ3n) is 7.12. The number of amides is 2. The number of nitrogens with zero attached hydrogens (tertiary/aromatic N) is 2. The van der Waals surface area contributed by atoms with Crippen molar-refractivity contribution >= 4 is 23.7 Å². The number of ether oxygens (including phenoxy) is 3. The zero-order valence-electron chi connectivity index (χ0n) is 25.2. The molecule has 234 valence electrons. The highest BCUT2D eigenvalue weighted by atomic mass is 19.4. The Balaban J connectivity index is 1.45. The number of carbonyl (C=O) groups is 3. The number of hydrogen-bond donors (Lipinski definition) is 0. The number of hydrogen-bond acceptors (Lipinski definition) is 6. The zero-order valence-corrected chi connectivity index (χ0v) is 25.2. The molecule has 4 rings (SSSR count). The summed E-state index contributed by atoms with van der Waals surface area (Å²) in [6.07, 6.45) is -5.12. The standard InChI is InChI=1S/C33H35F3N2O6/c1-32(2,3)44-31(41)37(4)28(30(40)42-5)19-29(39)38-16-15-23-18-24(12-14-27(23)38)43-20-21-11-13-25(22-9-7-6-8-10-22)26(17-21)33(34,35)36/h6-14,17-18,28H,15-16,19-20H2,1-5H3. The van der Waals surface area contributed by atoms with E-state index >= 15 is 0 Å². The summed E-state index contributed by atoms with van der Waals surface area (Å²) in [5, 5.41) is 0. The molecule has 3 aromatic carbocycles. The first-order valence-electron chi connectivity index (χ1n) is 14.0. The fourth-order valence-electron chi connectivity index (χ4n) is 4.93. The average molecular weight is 613 g/mol. The molecule has 0 fully saturated rings. The first-order chi connectivity index (χ1) is 20.7. The van der Waals surface area contributed by atoms with Crippen LogP contribution in [0.5, 0.6) is 5.75 Å². The average Bonchev–Trinajstić information content (AvgIpc) is 3.40. The summed E-state index contributed by atoms with van der Waals surface area (Å²) in [4.78, 5) is 41.0. The summed E-state index contributed by atoms with van der Waals surface area (Å²) in [6.45, 7) is 5.33. The number of esters is 1. The van der Waals surface area contributed by atoms with Gasteiger partial charge < -0.3 is 19.1 Å². The minimum absolute atomic E-state index is 0.0859. The predicted molar refractivity (Wildman–Crippen MR) is 158 cm³/mol. The number of carbonyl (C=O) groups excluding carboxylic acids is 3. The molecule has 0 bridgehead atoms. The Hall–Kier alpha value is -4.54. The van der Waals surface area contributed by atoms with Crippen molar-refractivity contribution in [2.24, 2.45) is 0 Å². The van der Waals surface area contributed by atoms with E-state index in [0.29, 0.717) is 35.5 Å². The molecule has 0 radical (unpaired) electrons. The molecule has 0 spiro atoms. The molecule has 11 heteroatoms. The van der Waals surface area contributed by atoms with E-state index in [1.807, 2.05) is 0 Å². The van der Waals surface area contributed by atoms with Crippen molar-refractivity contribution in [3.63, 3.8) is 0 Å². The molecule has 0 saturated carbocycles. The second-order valence-corrected chi connectivity index (χ2v) is 11.5. The fourth-order valence-corrected chi connectivity index (χ4v) is 4.93. The third kappa shape index (κ3) is 7.69. The Morgan fingerprint density at radius 3 is 2.32 bits per heavy atom. The summed E-state index contributed by atoms with van der Waals surface area (Å²) in [6, 6.07) is 16.4. The van der Waals surface area contributed by atoms with E-state index in [9.17, 15) is 27.6 Å². The normalized spacial score (nSPS) is 13.6. The minimum Gasteiger partial charge on any atom is -0.489 e. The Bertz CT molecular complexity index is 1520. The Kier molecular flexibility index (Phi) is 9.56. The molecule has 1 heterocycles. The number of methoxy groups -OCH3 is 1. The molecule has 1 atom stereocenters. The van der Waals surface area contributed by atoms with Crippen molar-refractivity contribution in [1.29, 1.82) is 0 Å². The molecule has 0 aliphatic carbocycles. The Morgan fingerprint density at radius 2 is 1.68 bits per heavy atom. The molecule has 2 amide bonds. The lowest BCUT2D eigenvalue weighted by atomic mass is 9.97. The van der Waals surface area contributed by atoms with Crippen molar-refractivity contribution in [2.75, 3.05) is 25.6 Å². The first-order valence-corrected chi connectivity index (χ1v) is 14.0. The van der Waals surface area contributed by atoms with Gasteiger partial charge in [-0.05, 0) is 73.7 Å². The van der Waals surface area contributed by atoms with Crippen molar-refractivity contribution in [2.45, 2.75) is 58.0 Å².